The molecule has 1 N–H and O–H groups in total. The summed E-state index contributed by atoms with van der Waals surface area (Å²) in [4.78, 5) is 15.2. The van der Waals surface area contributed by atoms with Gasteiger partial charge in [-0.15, -0.1) is 0 Å². The summed E-state index contributed by atoms with van der Waals surface area (Å²) in [5.41, 5.74) is 2.26. The summed E-state index contributed by atoms with van der Waals surface area (Å²) in [5.74, 6) is 3.58. The van der Waals surface area contributed by atoms with Gasteiger partial charge in [-0.05, 0) is 43.1 Å². The monoisotopic (exact) mass is 201 g/mol. The number of aromatic nitrogens is 1. The van der Waals surface area contributed by atoms with Crippen LogP contribution in [0.15, 0.2) is 12.3 Å². The lowest BCUT2D eigenvalue weighted by molar-refractivity contribution is 0.0914. The highest BCUT2D eigenvalue weighted by Gasteiger charge is 2.52. The van der Waals surface area contributed by atoms with Crippen molar-refractivity contribution in [2.45, 2.75) is 31.6 Å². The van der Waals surface area contributed by atoms with Gasteiger partial charge in [0.15, 0.2) is 5.78 Å². The van der Waals surface area contributed by atoms with E-state index in [0.29, 0.717) is 17.6 Å². The van der Waals surface area contributed by atoms with Crippen LogP contribution < -0.4 is 0 Å². The van der Waals surface area contributed by atoms with Crippen LogP contribution in [0.2, 0.25) is 0 Å². The smallest absolute Gasteiger partial charge is 0.164 e. The van der Waals surface area contributed by atoms with Crippen molar-refractivity contribution < 1.29 is 4.79 Å². The van der Waals surface area contributed by atoms with Gasteiger partial charge >= 0.3 is 0 Å². The predicted molar refractivity (Wildman–Crippen MR) is 56.8 cm³/mol. The molecule has 15 heavy (non-hydrogen) atoms. The van der Waals surface area contributed by atoms with Crippen molar-refractivity contribution in [3.8, 4) is 0 Å². The number of aromatic amines is 1. The summed E-state index contributed by atoms with van der Waals surface area (Å²) in [6.45, 7) is 0. The molecule has 3 aliphatic carbocycles. The van der Waals surface area contributed by atoms with E-state index in [9.17, 15) is 4.79 Å². The van der Waals surface area contributed by atoms with Crippen LogP contribution in [0.5, 0.6) is 0 Å². The van der Waals surface area contributed by atoms with Gasteiger partial charge in [-0.25, -0.2) is 0 Å². The lowest BCUT2D eigenvalue weighted by Crippen LogP contribution is -2.29. The minimum absolute atomic E-state index is 0.367. The molecule has 2 heteroatoms. The molecule has 0 saturated heterocycles. The highest BCUT2D eigenvalue weighted by molar-refractivity contribution is 5.98. The van der Waals surface area contributed by atoms with Gasteiger partial charge in [0.05, 0.1) is 0 Å². The third-order valence-corrected chi connectivity index (χ3v) is 4.72. The maximum Gasteiger partial charge on any atom is 0.164 e. The van der Waals surface area contributed by atoms with E-state index < -0.39 is 0 Å². The minimum Gasteiger partial charge on any atom is -0.364 e. The van der Waals surface area contributed by atoms with Crippen molar-refractivity contribution in [2.24, 2.45) is 17.8 Å². The molecule has 78 valence electrons. The summed E-state index contributed by atoms with van der Waals surface area (Å²) >= 11 is 0. The molecule has 1 heterocycles. The Balaban J connectivity index is 1.84. The van der Waals surface area contributed by atoms with E-state index in [0.717, 1.165) is 23.8 Å². The molecule has 3 aliphatic rings. The number of hydrogen-bond donors (Lipinski definition) is 1. The molecule has 0 spiro atoms. The third-order valence-electron chi connectivity index (χ3n) is 4.72. The molecule has 2 nitrogen and oxygen atoms in total. The SMILES string of the molecule is O=C1CC2CCC3CC3C2c2[nH]ccc21. The van der Waals surface area contributed by atoms with Crippen LogP contribution in [-0.2, 0) is 0 Å². The fourth-order valence-electron chi connectivity index (χ4n) is 3.93. The third kappa shape index (κ3) is 0.973. The first-order valence-electron chi connectivity index (χ1n) is 6.05. The van der Waals surface area contributed by atoms with E-state index >= 15 is 0 Å². The van der Waals surface area contributed by atoms with Gasteiger partial charge in [0.25, 0.3) is 0 Å². The molecule has 0 aliphatic heterocycles. The molecule has 4 atom stereocenters. The quantitative estimate of drug-likeness (QED) is 0.687. The fourth-order valence-corrected chi connectivity index (χ4v) is 3.93. The highest BCUT2D eigenvalue weighted by Crippen LogP contribution is 2.61. The first-order chi connectivity index (χ1) is 7.34. The Labute approximate surface area is 89.1 Å². The van der Waals surface area contributed by atoms with Crippen LogP contribution in [0.3, 0.4) is 0 Å². The van der Waals surface area contributed by atoms with Crippen molar-refractivity contribution in [1.29, 1.82) is 0 Å². The van der Waals surface area contributed by atoms with Crippen molar-refractivity contribution in [3.05, 3.63) is 23.5 Å². The van der Waals surface area contributed by atoms with Gasteiger partial charge in [-0.2, -0.15) is 0 Å². The largest absolute Gasteiger partial charge is 0.364 e. The van der Waals surface area contributed by atoms with E-state index in [-0.39, 0.29) is 0 Å². The van der Waals surface area contributed by atoms with E-state index in [2.05, 4.69) is 4.98 Å². The number of carbonyl (C=O) groups excluding carboxylic acids is 1. The Morgan fingerprint density at radius 3 is 3.07 bits per heavy atom. The normalized spacial score (nSPS) is 41.7. The van der Waals surface area contributed by atoms with Gasteiger partial charge in [0, 0.05) is 29.8 Å². The van der Waals surface area contributed by atoms with Gasteiger partial charge < -0.3 is 4.98 Å². The zero-order chi connectivity index (χ0) is 9.99. The second kappa shape index (κ2) is 2.55. The zero-order valence-electron chi connectivity index (χ0n) is 8.70. The average Bonchev–Trinajstić information content (AvgIpc) is 2.84. The Kier molecular flexibility index (Phi) is 1.38. The summed E-state index contributed by atoms with van der Waals surface area (Å²) in [6.07, 6.45) is 6.80. The zero-order valence-corrected chi connectivity index (χ0v) is 8.70. The highest BCUT2D eigenvalue weighted by atomic mass is 16.1. The Bertz CT molecular complexity index is 433. The number of Topliss-reactive ketones (excluding diaryl/α,β-unsaturated/α-hetero) is 1. The fraction of sp³-hybridized carbons (Fsp3) is 0.615. The van der Waals surface area contributed by atoms with E-state index in [4.69, 9.17) is 0 Å². The van der Waals surface area contributed by atoms with Crippen molar-refractivity contribution in [3.63, 3.8) is 0 Å². The summed E-state index contributed by atoms with van der Waals surface area (Å²) in [5, 5.41) is 0. The Morgan fingerprint density at radius 2 is 2.13 bits per heavy atom. The lowest BCUT2D eigenvalue weighted by Gasteiger charge is -2.34. The lowest BCUT2D eigenvalue weighted by atomic mass is 9.70. The van der Waals surface area contributed by atoms with Crippen LogP contribution in [0, 0.1) is 17.8 Å². The van der Waals surface area contributed by atoms with Crippen LogP contribution in [0.4, 0.5) is 0 Å². The first-order valence-corrected chi connectivity index (χ1v) is 6.05. The molecular formula is C13H15NO. The predicted octanol–water partition coefficient (Wildman–Crippen LogP) is 2.73. The van der Waals surface area contributed by atoms with Crippen molar-refractivity contribution in [1.82, 2.24) is 4.98 Å². The second-order valence-electron chi connectivity index (χ2n) is 5.46. The maximum atomic E-state index is 11.9. The van der Waals surface area contributed by atoms with Gasteiger partial charge in [-0.1, -0.05) is 0 Å². The molecule has 4 unspecified atom stereocenters. The molecular weight excluding hydrogens is 186 g/mol. The number of ketones is 1. The van der Waals surface area contributed by atoms with Crippen LogP contribution in [-0.4, -0.2) is 10.8 Å². The number of rotatable bonds is 0. The van der Waals surface area contributed by atoms with Crippen molar-refractivity contribution >= 4 is 5.78 Å². The molecule has 4 rings (SSSR count). The van der Waals surface area contributed by atoms with E-state index in [1.165, 1.54) is 25.0 Å². The molecule has 0 bridgehead atoms. The van der Waals surface area contributed by atoms with E-state index in [1.54, 1.807) is 0 Å². The maximum absolute atomic E-state index is 11.9. The number of nitrogens with one attached hydrogen (secondary N) is 1. The number of H-pyrrole nitrogens is 1. The standard InChI is InChI=1S/C13H15NO/c15-11-6-8-2-1-7-5-10(7)12(8)13-9(11)3-4-14-13/h3-4,7-8,10,12,14H,1-2,5-6H2. The first kappa shape index (κ1) is 8.14. The van der Waals surface area contributed by atoms with Crippen LogP contribution in [0.1, 0.15) is 47.7 Å². The average molecular weight is 201 g/mol. The summed E-state index contributed by atoms with van der Waals surface area (Å²) in [7, 11) is 0. The van der Waals surface area contributed by atoms with Crippen LogP contribution in [0.25, 0.3) is 0 Å². The van der Waals surface area contributed by atoms with E-state index in [1.807, 2.05) is 12.3 Å². The number of hydrogen-bond acceptors (Lipinski definition) is 1. The summed E-state index contributed by atoms with van der Waals surface area (Å²) in [6, 6.07) is 1.97. The molecule has 1 aromatic heterocycles. The molecule has 1 aromatic rings. The molecule has 2 saturated carbocycles. The Hall–Kier alpha value is -1.05. The topological polar surface area (TPSA) is 32.9 Å². The molecule has 0 aromatic carbocycles. The van der Waals surface area contributed by atoms with Crippen molar-refractivity contribution in [2.75, 3.05) is 0 Å². The molecule has 2 fully saturated rings. The van der Waals surface area contributed by atoms with Crippen LogP contribution >= 0.6 is 0 Å². The van der Waals surface area contributed by atoms with Gasteiger partial charge in [-0.3, -0.25) is 4.79 Å². The molecule has 0 amide bonds. The minimum atomic E-state index is 0.367. The van der Waals surface area contributed by atoms with Gasteiger partial charge in [0.1, 0.15) is 0 Å². The second-order valence-corrected chi connectivity index (χ2v) is 5.46. The van der Waals surface area contributed by atoms with Gasteiger partial charge in [0.2, 0.25) is 0 Å². The number of fused-ring (bicyclic) bond motifs is 5. The Morgan fingerprint density at radius 1 is 1.27 bits per heavy atom. The number of carbonyl (C=O) groups is 1. The summed E-state index contributed by atoms with van der Waals surface area (Å²) < 4.78 is 0. The molecule has 0 radical (unpaired) electrons.